The molecule has 0 spiro atoms. The molecular formula is C12H13IN2O2S. The molecule has 0 aliphatic heterocycles. The largest absolute Gasteiger partial charge is 0.338 e. The minimum absolute atomic E-state index is 0.0930. The van der Waals surface area contributed by atoms with Crippen LogP contribution in [0, 0.1) is 2.88 Å². The highest BCUT2D eigenvalue weighted by atomic mass is 127. The third-order valence-electron chi connectivity index (χ3n) is 2.34. The number of nitrogens with zero attached hydrogens (tertiary/aromatic N) is 1. The second kappa shape index (κ2) is 5.00. The van der Waals surface area contributed by atoms with Crippen molar-refractivity contribution >= 4 is 45.7 Å². The van der Waals surface area contributed by atoms with Crippen LogP contribution in [-0.2, 0) is 5.41 Å². The van der Waals surface area contributed by atoms with Crippen molar-refractivity contribution in [1.82, 2.24) is 5.16 Å². The smallest absolute Gasteiger partial charge is 0.258 e. The third kappa shape index (κ3) is 3.11. The zero-order valence-corrected chi connectivity index (χ0v) is 13.3. The van der Waals surface area contributed by atoms with Gasteiger partial charge in [0, 0.05) is 16.9 Å². The summed E-state index contributed by atoms with van der Waals surface area (Å²) in [5, 5.41) is 8.47. The van der Waals surface area contributed by atoms with E-state index in [2.05, 4.69) is 33.1 Å². The molecule has 0 saturated carbocycles. The first kappa shape index (κ1) is 13.5. The predicted octanol–water partition coefficient (Wildman–Crippen LogP) is 3.89. The molecule has 0 unspecified atom stereocenters. The van der Waals surface area contributed by atoms with Crippen molar-refractivity contribution in [2.75, 3.05) is 5.32 Å². The highest BCUT2D eigenvalue weighted by molar-refractivity contribution is 14.1. The molecule has 4 nitrogen and oxygen atoms in total. The Morgan fingerprint density at radius 1 is 1.44 bits per heavy atom. The molecule has 0 aliphatic rings. The number of amides is 1. The second-order valence-corrected chi connectivity index (χ2v) is 7.73. The Labute approximate surface area is 123 Å². The Balaban J connectivity index is 2.10. The number of carbonyl (C=O) groups is 1. The van der Waals surface area contributed by atoms with E-state index in [1.807, 2.05) is 32.2 Å². The van der Waals surface area contributed by atoms with Gasteiger partial charge in [0.05, 0.1) is 14.1 Å². The first-order valence-electron chi connectivity index (χ1n) is 5.39. The van der Waals surface area contributed by atoms with Crippen molar-refractivity contribution in [2.45, 2.75) is 26.2 Å². The highest BCUT2D eigenvalue weighted by Crippen LogP contribution is 2.24. The number of rotatable bonds is 2. The van der Waals surface area contributed by atoms with E-state index < -0.39 is 0 Å². The summed E-state index contributed by atoms with van der Waals surface area (Å²) in [7, 11) is 0. The lowest BCUT2D eigenvalue weighted by Gasteiger charge is -2.12. The first-order valence-corrected chi connectivity index (χ1v) is 7.35. The number of halogens is 1. The van der Waals surface area contributed by atoms with Crippen molar-refractivity contribution < 1.29 is 9.32 Å². The fourth-order valence-corrected chi connectivity index (χ4v) is 2.63. The van der Waals surface area contributed by atoms with Crippen molar-refractivity contribution in [3.8, 4) is 0 Å². The van der Waals surface area contributed by atoms with E-state index in [0.717, 1.165) is 8.58 Å². The summed E-state index contributed by atoms with van der Waals surface area (Å²) in [4.78, 5) is 11.9. The van der Waals surface area contributed by atoms with Gasteiger partial charge in [0.15, 0.2) is 0 Å². The van der Waals surface area contributed by atoms with Gasteiger partial charge in [-0.3, -0.25) is 10.1 Å². The number of nitrogens with one attached hydrogen (secondary N) is 1. The first-order chi connectivity index (χ1) is 8.36. The number of carbonyl (C=O) groups excluding carboxylic acids is 1. The fraction of sp³-hybridized carbons (Fsp3) is 0.333. The standard InChI is InChI=1S/C12H13IN2O2S/c1-12(2,3)8-5-10(17-15-8)14-11(16)7-4-9(13)18-6-7/h4-6H,1-3H3,(H,14,16). The van der Waals surface area contributed by atoms with Crippen LogP contribution in [0.15, 0.2) is 22.0 Å². The highest BCUT2D eigenvalue weighted by Gasteiger charge is 2.20. The number of aromatic nitrogens is 1. The van der Waals surface area contributed by atoms with E-state index in [1.165, 1.54) is 11.3 Å². The number of hydrogen-bond donors (Lipinski definition) is 1. The van der Waals surface area contributed by atoms with Crippen LogP contribution in [0.25, 0.3) is 0 Å². The molecule has 6 heteroatoms. The zero-order chi connectivity index (χ0) is 13.3. The number of thiophene rings is 1. The maximum absolute atomic E-state index is 11.9. The van der Waals surface area contributed by atoms with Gasteiger partial charge in [0.2, 0.25) is 5.88 Å². The lowest BCUT2D eigenvalue weighted by Crippen LogP contribution is -2.12. The molecule has 0 saturated heterocycles. The molecular weight excluding hydrogens is 363 g/mol. The van der Waals surface area contributed by atoms with E-state index in [0.29, 0.717) is 11.4 Å². The molecule has 18 heavy (non-hydrogen) atoms. The van der Waals surface area contributed by atoms with Gasteiger partial charge in [-0.2, -0.15) is 0 Å². The van der Waals surface area contributed by atoms with E-state index in [4.69, 9.17) is 4.52 Å². The third-order valence-corrected chi connectivity index (χ3v) is 4.13. The van der Waals surface area contributed by atoms with Crippen LogP contribution < -0.4 is 5.32 Å². The van der Waals surface area contributed by atoms with Crippen LogP contribution in [0.5, 0.6) is 0 Å². The molecule has 96 valence electrons. The van der Waals surface area contributed by atoms with Gasteiger partial charge >= 0.3 is 0 Å². The van der Waals surface area contributed by atoms with E-state index in [9.17, 15) is 4.79 Å². The van der Waals surface area contributed by atoms with Crippen LogP contribution >= 0.6 is 33.9 Å². The molecule has 0 fully saturated rings. The van der Waals surface area contributed by atoms with Crippen molar-refractivity contribution in [3.05, 3.63) is 31.7 Å². The molecule has 1 N–H and O–H groups in total. The van der Waals surface area contributed by atoms with Crippen LogP contribution in [0.4, 0.5) is 5.88 Å². The Morgan fingerprint density at radius 3 is 2.67 bits per heavy atom. The Bertz CT molecular complexity index is 569. The summed E-state index contributed by atoms with van der Waals surface area (Å²) < 4.78 is 6.18. The minimum Gasteiger partial charge on any atom is -0.338 e. The maximum atomic E-state index is 11.9. The fourth-order valence-electron chi connectivity index (χ4n) is 1.30. The van der Waals surface area contributed by atoms with E-state index >= 15 is 0 Å². The Morgan fingerprint density at radius 2 is 2.17 bits per heavy atom. The lowest BCUT2D eigenvalue weighted by atomic mass is 9.92. The molecule has 0 radical (unpaired) electrons. The van der Waals surface area contributed by atoms with Gasteiger partial charge in [-0.15, -0.1) is 11.3 Å². The molecule has 2 aromatic heterocycles. The summed E-state index contributed by atoms with van der Waals surface area (Å²) >= 11 is 3.71. The molecule has 2 rings (SSSR count). The van der Waals surface area contributed by atoms with Gasteiger partial charge in [-0.1, -0.05) is 25.9 Å². The van der Waals surface area contributed by atoms with Gasteiger partial charge < -0.3 is 4.52 Å². The molecule has 1 amide bonds. The molecule has 0 bridgehead atoms. The predicted molar refractivity (Wildman–Crippen MR) is 80.2 cm³/mol. The summed E-state index contributed by atoms with van der Waals surface area (Å²) in [5.74, 6) is 0.205. The van der Waals surface area contributed by atoms with Crippen LogP contribution in [-0.4, -0.2) is 11.1 Å². The van der Waals surface area contributed by atoms with Crippen molar-refractivity contribution in [1.29, 1.82) is 0 Å². The Kier molecular flexibility index (Phi) is 3.76. The molecule has 2 heterocycles. The van der Waals surface area contributed by atoms with Gasteiger partial charge in [-0.05, 0) is 28.7 Å². The average molecular weight is 376 g/mol. The van der Waals surface area contributed by atoms with Crippen LogP contribution in [0.1, 0.15) is 36.8 Å². The second-order valence-electron chi connectivity index (χ2n) is 4.92. The molecule has 0 atom stereocenters. The molecule has 0 aromatic carbocycles. The zero-order valence-electron chi connectivity index (χ0n) is 10.3. The normalized spacial score (nSPS) is 11.6. The SMILES string of the molecule is CC(C)(C)c1cc(NC(=O)c2csc(I)c2)on1. The summed E-state index contributed by atoms with van der Waals surface area (Å²) in [6.45, 7) is 6.12. The Hall–Kier alpha value is -0.890. The number of anilines is 1. The van der Waals surface area contributed by atoms with Gasteiger partial charge in [0.1, 0.15) is 0 Å². The summed E-state index contributed by atoms with van der Waals surface area (Å²) in [5.41, 5.74) is 1.36. The van der Waals surface area contributed by atoms with E-state index in [-0.39, 0.29) is 11.3 Å². The summed E-state index contributed by atoms with van der Waals surface area (Å²) in [6, 6.07) is 3.59. The van der Waals surface area contributed by atoms with Crippen LogP contribution in [0.3, 0.4) is 0 Å². The van der Waals surface area contributed by atoms with Crippen LogP contribution in [0.2, 0.25) is 0 Å². The summed E-state index contributed by atoms with van der Waals surface area (Å²) in [6.07, 6.45) is 0. The lowest BCUT2D eigenvalue weighted by molar-refractivity contribution is 0.102. The van der Waals surface area contributed by atoms with E-state index in [1.54, 1.807) is 6.07 Å². The van der Waals surface area contributed by atoms with Crippen molar-refractivity contribution in [3.63, 3.8) is 0 Å². The number of hydrogen-bond acceptors (Lipinski definition) is 4. The molecule has 2 aromatic rings. The minimum atomic E-state index is -0.175. The maximum Gasteiger partial charge on any atom is 0.258 e. The average Bonchev–Trinajstić information content (AvgIpc) is 2.85. The quantitative estimate of drug-likeness (QED) is 0.810. The molecule has 0 aliphatic carbocycles. The van der Waals surface area contributed by atoms with Crippen molar-refractivity contribution in [2.24, 2.45) is 0 Å². The topological polar surface area (TPSA) is 55.1 Å². The van der Waals surface area contributed by atoms with Gasteiger partial charge in [-0.25, -0.2) is 0 Å². The monoisotopic (exact) mass is 376 g/mol. The van der Waals surface area contributed by atoms with Gasteiger partial charge in [0.25, 0.3) is 5.91 Å².